The molecule has 0 aliphatic carbocycles. The first-order chi connectivity index (χ1) is 16.0. The number of amides is 1. The second-order valence-electron chi connectivity index (χ2n) is 7.67. The van der Waals surface area contributed by atoms with Crippen molar-refractivity contribution < 1.29 is 18.3 Å². The minimum Gasteiger partial charge on any atom is -0.381 e. The molecule has 0 atom stereocenters. The molecule has 0 saturated carbocycles. The van der Waals surface area contributed by atoms with Crippen molar-refractivity contribution >= 4 is 22.6 Å². The van der Waals surface area contributed by atoms with Crippen LogP contribution in [0.4, 0.5) is 14.7 Å². The third kappa shape index (κ3) is 5.48. The van der Waals surface area contributed by atoms with E-state index in [0.29, 0.717) is 57.1 Å². The van der Waals surface area contributed by atoms with Gasteiger partial charge in [-0.1, -0.05) is 12.1 Å². The molecule has 1 aliphatic heterocycles. The van der Waals surface area contributed by atoms with Crippen LogP contribution in [0.3, 0.4) is 0 Å². The molecular weight excluding hydrogens is 434 g/mol. The number of H-pyrrole nitrogens is 1. The maximum Gasteiger partial charge on any atom is 0.272 e. The Balaban J connectivity index is 1.18. The number of fused-ring (bicyclic) bond motifs is 1. The quantitative estimate of drug-likeness (QED) is 0.515. The van der Waals surface area contributed by atoms with Gasteiger partial charge in [0.2, 0.25) is 11.9 Å². The van der Waals surface area contributed by atoms with E-state index in [9.17, 15) is 18.4 Å². The number of carbonyl (C=O) groups excluding carboxylic acids is 1. The Morgan fingerprint density at radius 2 is 1.82 bits per heavy atom. The Morgan fingerprint density at radius 1 is 1.06 bits per heavy atom. The van der Waals surface area contributed by atoms with Crippen LogP contribution in [0.1, 0.15) is 24.0 Å². The number of rotatable bonds is 8. The lowest BCUT2D eigenvalue weighted by Gasteiger charge is -2.34. The van der Waals surface area contributed by atoms with Crippen LogP contribution in [0.25, 0.3) is 10.8 Å². The third-order valence-electron chi connectivity index (χ3n) is 5.60. The molecule has 0 unspecified atom stereocenters. The minimum atomic E-state index is -2.59. The normalized spacial score (nSPS) is 14.3. The molecule has 0 radical (unpaired) electrons. The fourth-order valence-electron chi connectivity index (χ4n) is 3.76. The molecule has 2 aromatic heterocycles. The highest BCUT2D eigenvalue weighted by Gasteiger charge is 2.22. The zero-order chi connectivity index (χ0) is 23.2. The van der Waals surface area contributed by atoms with Gasteiger partial charge in [-0.2, -0.15) is 5.10 Å². The Bertz CT molecular complexity index is 1150. The Morgan fingerprint density at radius 3 is 2.55 bits per heavy atom. The van der Waals surface area contributed by atoms with Gasteiger partial charge < -0.3 is 14.5 Å². The van der Waals surface area contributed by atoms with Crippen LogP contribution in [-0.2, 0) is 16.0 Å². The van der Waals surface area contributed by atoms with E-state index in [2.05, 4.69) is 20.2 Å². The maximum absolute atomic E-state index is 12.6. The van der Waals surface area contributed by atoms with Crippen molar-refractivity contribution in [2.45, 2.75) is 19.3 Å². The standard InChI is InChI=1S/C22H24F2N6O3/c23-20(24)16-12-25-22(26-13-16)30-8-6-29(7-9-30)19(31)5-11-33-10-4-15-2-1-3-17-18(15)14-27-28-21(17)32/h1-3,12-14,20H,4-11H2,(H,28,32). The number of hydrogen-bond acceptors (Lipinski definition) is 7. The molecule has 0 bridgehead atoms. The third-order valence-corrected chi connectivity index (χ3v) is 5.60. The van der Waals surface area contributed by atoms with E-state index in [0.717, 1.165) is 23.3 Å². The molecule has 1 fully saturated rings. The molecule has 33 heavy (non-hydrogen) atoms. The largest absolute Gasteiger partial charge is 0.381 e. The average molecular weight is 458 g/mol. The second kappa shape index (κ2) is 10.4. The summed E-state index contributed by atoms with van der Waals surface area (Å²) in [5.41, 5.74) is 0.536. The second-order valence-corrected chi connectivity index (χ2v) is 7.67. The number of anilines is 1. The summed E-state index contributed by atoms with van der Waals surface area (Å²) in [6.45, 7) is 2.83. The topological polar surface area (TPSA) is 104 Å². The number of aromatic nitrogens is 4. The van der Waals surface area contributed by atoms with Crippen LogP contribution < -0.4 is 10.5 Å². The van der Waals surface area contributed by atoms with Crippen LogP contribution in [0.2, 0.25) is 0 Å². The van der Waals surface area contributed by atoms with Gasteiger partial charge in [0.1, 0.15) is 0 Å². The van der Waals surface area contributed by atoms with Crippen LogP contribution in [0, 0.1) is 0 Å². The fourth-order valence-corrected chi connectivity index (χ4v) is 3.76. The van der Waals surface area contributed by atoms with Crippen LogP contribution >= 0.6 is 0 Å². The lowest BCUT2D eigenvalue weighted by molar-refractivity contribution is -0.132. The van der Waals surface area contributed by atoms with Gasteiger partial charge in [0.25, 0.3) is 12.0 Å². The number of ether oxygens (including phenoxy) is 1. The van der Waals surface area contributed by atoms with Crippen molar-refractivity contribution in [3.05, 3.63) is 58.3 Å². The Kier molecular flexibility index (Phi) is 7.18. The monoisotopic (exact) mass is 458 g/mol. The molecule has 3 aromatic rings. The number of nitrogens with zero attached hydrogens (tertiary/aromatic N) is 5. The summed E-state index contributed by atoms with van der Waals surface area (Å²) < 4.78 is 30.9. The first-order valence-electron chi connectivity index (χ1n) is 10.7. The summed E-state index contributed by atoms with van der Waals surface area (Å²) in [5, 5.41) is 7.67. The average Bonchev–Trinajstić information content (AvgIpc) is 2.84. The molecular formula is C22H24F2N6O3. The molecule has 174 valence electrons. The van der Waals surface area contributed by atoms with Crippen molar-refractivity contribution in [3.63, 3.8) is 0 Å². The van der Waals surface area contributed by atoms with E-state index in [4.69, 9.17) is 4.74 Å². The molecule has 1 amide bonds. The zero-order valence-corrected chi connectivity index (χ0v) is 17.9. The summed E-state index contributed by atoms with van der Waals surface area (Å²) in [6.07, 6.45) is 2.19. The first-order valence-corrected chi connectivity index (χ1v) is 10.7. The molecule has 3 heterocycles. The van der Waals surface area contributed by atoms with E-state index in [1.54, 1.807) is 17.2 Å². The highest BCUT2D eigenvalue weighted by molar-refractivity contribution is 5.83. The van der Waals surface area contributed by atoms with E-state index in [-0.39, 0.29) is 23.5 Å². The Labute approximate surface area is 188 Å². The van der Waals surface area contributed by atoms with Gasteiger partial charge in [0.15, 0.2) is 0 Å². The molecule has 9 nitrogen and oxygen atoms in total. The fraction of sp³-hybridized carbons (Fsp3) is 0.409. The summed E-state index contributed by atoms with van der Waals surface area (Å²) in [5.74, 6) is 0.393. The summed E-state index contributed by atoms with van der Waals surface area (Å²) >= 11 is 0. The number of halogens is 2. The number of hydrogen-bond donors (Lipinski definition) is 1. The zero-order valence-electron chi connectivity index (χ0n) is 17.9. The number of nitrogens with one attached hydrogen (secondary N) is 1. The van der Waals surface area contributed by atoms with E-state index in [1.807, 2.05) is 17.0 Å². The van der Waals surface area contributed by atoms with Gasteiger partial charge in [-0.15, -0.1) is 0 Å². The van der Waals surface area contributed by atoms with Crippen molar-refractivity contribution in [1.82, 2.24) is 25.1 Å². The number of piperazine rings is 1. The number of alkyl halides is 2. The van der Waals surface area contributed by atoms with Crippen molar-refractivity contribution in [3.8, 4) is 0 Å². The molecule has 0 spiro atoms. The van der Waals surface area contributed by atoms with Crippen molar-refractivity contribution in [1.29, 1.82) is 0 Å². The molecule has 4 rings (SSSR count). The summed E-state index contributed by atoms with van der Waals surface area (Å²) in [4.78, 5) is 36.0. The SMILES string of the molecule is O=C(CCOCCc1cccc2c(=O)[nH]ncc12)N1CCN(c2ncc(C(F)F)cn2)CC1. The lowest BCUT2D eigenvalue weighted by atomic mass is 10.1. The summed E-state index contributed by atoms with van der Waals surface area (Å²) in [7, 11) is 0. The predicted molar refractivity (Wildman–Crippen MR) is 117 cm³/mol. The first kappa shape index (κ1) is 22.7. The summed E-state index contributed by atoms with van der Waals surface area (Å²) in [6, 6.07) is 5.51. The predicted octanol–water partition coefficient (Wildman–Crippen LogP) is 1.95. The van der Waals surface area contributed by atoms with Gasteiger partial charge in [0.05, 0.1) is 36.8 Å². The van der Waals surface area contributed by atoms with Crippen molar-refractivity contribution in [2.75, 3.05) is 44.3 Å². The van der Waals surface area contributed by atoms with Crippen LogP contribution in [-0.4, -0.2) is 70.4 Å². The highest BCUT2D eigenvalue weighted by atomic mass is 19.3. The number of benzene rings is 1. The Hall–Kier alpha value is -3.47. The maximum atomic E-state index is 12.6. The van der Waals surface area contributed by atoms with Gasteiger partial charge >= 0.3 is 0 Å². The van der Waals surface area contributed by atoms with Crippen LogP contribution in [0.5, 0.6) is 0 Å². The molecule has 1 aliphatic rings. The molecule has 1 saturated heterocycles. The molecule has 11 heteroatoms. The minimum absolute atomic E-state index is 0.00418. The van der Waals surface area contributed by atoms with Gasteiger partial charge in [0, 0.05) is 44.0 Å². The van der Waals surface area contributed by atoms with Crippen LogP contribution in [0.15, 0.2) is 41.6 Å². The molecule has 1 aromatic carbocycles. The van der Waals surface area contributed by atoms with Gasteiger partial charge in [-0.25, -0.2) is 23.8 Å². The van der Waals surface area contributed by atoms with Gasteiger partial charge in [-0.05, 0) is 18.1 Å². The lowest BCUT2D eigenvalue weighted by Crippen LogP contribution is -2.49. The van der Waals surface area contributed by atoms with E-state index < -0.39 is 6.43 Å². The van der Waals surface area contributed by atoms with E-state index >= 15 is 0 Å². The van der Waals surface area contributed by atoms with Gasteiger partial charge in [-0.3, -0.25) is 9.59 Å². The highest BCUT2D eigenvalue weighted by Crippen LogP contribution is 2.19. The van der Waals surface area contributed by atoms with E-state index in [1.165, 1.54) is 0 Å². The number of carbonyl (C=O) groups is 1. The number of aromatic amines is 1. The molecule has 1 N–H and O–H groups in total. The smallest absolute Gasteiger partial charge is 0.272 e. The van der Waals surface area contributed by atoms with Crippen molar-refractivity contribution in [2.24, 2.45) is 0 Å².